The molecule has 0 amide bonds. The summed E-state index contributed by atoms with van der Waals surface area (Å²) in [6.07, 6.45) is 6.66. The first-order chi connectivity index (χ1) is 9.26. The van der Waals surface area contributed by atoms with Gasteiger partial charge in [0, 0.05) is 31.2 Å². The van der Waals surface area contributed by atoms with Gasteiger partial charge in [-0.25, -0.2) is 0 Å². The normalized spacial score (nSPS) is 35.1. The van der Waals surface area contributed by atoms with E-state index < -0.39 is 0 Å². The Morgan fingerprint density at radius 3 is 2.10 bits per heavy atom. The van der Waals surface area contributed by atoms with Gasteiger partial charge in [-0.05, 0) is 42.9 Å². The van der Waals surface area contributed by atoms with Crippen LogP contribution in [0.5, 0.6) is 0 Å². The Balaban J connectivity index is 2.14. The lowest BCUT2D eigenvalue weighted by Gasteiger charge is -2.52. The van der Waals surface area contributed by atoms with E-state index in [-0.39, 0.29) is 0 Å². The van der Waals surface area contributed by atoms with Gasteiger partial charge in [-0.15, -0.1) is 0 Å². The van der Waals surface area contributed by atoms with Crippen molar-refractivity contribution in [1.82, 2.24) is 10.2 Å². The minimum atomic E-state index is 0.497. The smallest absolute Gasteiger partial charge is 0.0221 e. The van der Waals surface area contributed by atoms with Crippen LogP contribution in [-0.2, 0) is 0 Å². The Bertz CT molecular complexity index is 305. The number of hydrogen-bond acceptors (Lipinski definition) is 2. The molecule has 1 heterocycles. The Morgan fingerprint density at radius 1 is 1.00 bits per heavy atom. The minimum absolute atomic E-state index is 0.497. The summed E-state index contributed by atoms with van der Waals surface area (Å²) in [5.41, 5.74) is 0.995. The molecule has 0 radical (unpaired) electrons. The predicted molar refractivity (Wildman–Crippen MR) is 88.1 cm³/mol. The van der Waals surface area contributed by atoms with Crippen LogP contribution in [0.3, 0.4) is 0 Å². The molecule has 118 valence electrons. The van der Waals surface area contributed by atoms with Crippen molar-refractivity contribution in [3.63, 3.8) is 0 Å². The zero-order valence-corrected chi connectivity index (χ0v) is 14.6. The van der Waals surface area contributed by atoms with E-state index in [1.165, 1.54) is 45.2 Å². The van der Waals surface area contributed by atoms with Crippen molar-refractivity contribution in [2.24, 2.45) is 10.8 Å². The van der Waals surface area contributed by atoms with Crippen LogP contribution in [0.1, 0.15) is 73.6 Å². The first-order valence-electron chi connectivity index (χ1n) is 8.75. The molecule has 0 aromatic carbocycles. The number of hydrogen-bond donors (Lipinski definition) is 1. The highest BCUT2D eigenvalue weighted by Gasteiger charge is 2.42. The van der Waals surface area contributed by atoms with Crippen molar-refractivity contribution in [3.8, 4) is 0 Å². The molecule has 0 aromatic heterocycles. The zero-order valence-electron chi connectivity index (χ0n) is 14.6. The second-order valence-electron chi connectivity index (χ2n) is 8.84. The fraction of sp³-hybridized carbons (Fsp3) is 1.00. The van der Waals surface area contributed by atoms with E-state index in [9.17, 15) is 0 Å². The van der Waals surface area contributed by atoms with Crippen LogP contribution in [0.4, 0.5) is 0 Å². The maximum absolute atomic E-state index is 3.74. The summed E-state index contributed by atoms with van der Waals surface area (Å²) in [5, 5.41) is 3.74. The molecule has 0 aromatic rings. The summed E-state index contributed by atoms with van der Waals surface area (Å²) in [7, 11) is 0. The number of piperazine rings is 1. The van der Waals surface area contributed by atoms with Crippen molar-refractivity contribution >= 4 is 0 Å². The summed E-state index contributed by atoms with van der Waals surface area (Å²) in [5.74, 6) is 0. The molecule has 1 saturated heterocycles. The lowest BCUT2D eigenvalue weighted by Crippen LogP contribution is -2.61. The molecule has 2 rings (SSSR count). The van der Waals surface area contributed by atoms with Crippen LogP contribution >= 0.6 is 0 Å². The van der Waals surface area contributed by atoms with Gasteiger partial charge in [-0.2, -0.15) is 0 Å². The molecular weight excluding hydrogens is 244 g/mol. The van der Waals surface area contributed by atoms with Gasteiger partial charge in [-0.3, -0.25) is 4.90 Å². The molecule has 1 N–H and O–H groups in total. The van der Waals surface area contributed by atoms with Gasteiger partial charge in [0.05, 0.1) is 0 Å². The molecule has 2 nitrogen and oxygen atoms in total. The van der Waals surface area contributed by atoms with Crippen LogP contribution in [0.15, 0.2) is 0 Å². The monoisotopic (exact) mass is 280 g/mol. The Kier molecular flexibility index (Phi) is 4.86. The molecule has 2 aliphatic rings. The van der Waals surface area contributed by atoms with Gasteiger partial charge in [0.15, 0.2) is 0 Å². The van der Waals surface area contributed by atoms with Crippen molar-refractivity contribution < 1.29 is 0 Å². The van der Waals surface area contributed by atoms with Crippen LogP contribution in [0.25, 0.3) is 0 Å². The van der Waals surface area contributed by atoms with Gasteiger partial charge in [0.2, 0.25) is 0 Å². The van der Waals surface area contributed by atoms with E-state index in [1.807, 2.05) is 0 Å². The fourth-order valence-corrected chi connectivity index (χ4v) is 5.01. The highest BCUT2D eigenvalue weighted by atomic mass is 15.3. The SMILES string of the molecule is CCC1CN(C2CC(C)(C)CC(C)(C)C2)C(CC)CN1. The van der Waals surface area contributed by atoms with Gasteiger partial charge in [0.25, 0.3) is 0 Å². The van der Waals surface area contributed by atoms with E-state index in [0.29, 0.717) is 16.9 Å². The van der Waals surface area contributed by atoms with Crippen molar-refractivity contribution in [3.05, 3.63) is 0 Å². The number of rotatable bonds is 3. The topological polar surface area (TPSA) is 15.3 Å². The molecule has 1 aliphatic carbocycles. The Morgan fingerprint density at radius 2 is 1.60 bits per heavy atom. The Labute approximate surface area is 126 Å². The van der Waals surface area contributed by atoms with Crippen molar-refractivity contribution in [1.29, 1.82) is 0 Å². The largest absolute Gasteiger partial charge is 0.311 e. The van der Waals surface area contributed by atoms with E-state index in [4.69, 9.17) is 0 Å². The third-order valence-electron chi connectivity index (χ3n) is 5.51. The van der Waals surface area contributed by atoms with Gasteiger partial charge in [0.1, 0.15) is 0 Å². The maximum Gasteiger partial charge on any atom is 0.0221 e. The number of nitrogens with one attached hydrogen (secondary N) is 1. The molecule has 20 heavy (non-hydrogen) atoms. The second kappa shape index (κ2) is 5.96. The van der Waals surface area contributed by atoms with Crippen molar-refractivity contribution in [2.75, 3.05) is 13.1 Å². The minimum Gasteiger partial charge on any atom is -0.311 e. The first kappa shape index (κ1) is 16.3. The van der Waals surface area contributed by atoms with Crippen LogP contribution < -0.4 is 5.32 Å². The summed E-state index contributed by atoms with van der Waals surface area (Å²) >= 11 is 0. The van der Waals surface area contributed by atoms with Crippen molar-refractivity contribution in [2.45, 2.75) is 91.8 Å². The molecule has 1 saturated carbocycles. The van der Waals surface area contributed by atoms with Gasteiger partial charge < -0.3 is 5.32 Å². The van der Waals surface area contributed by atoms with Crippen LogP contribution in [0, 0.1) is 10.8 Å². The summed E-state index contributed by atoms with van der Waals surface area (Å²) < 4.78 is 0. The fourth-order valence-electron chi connectivity index (χ4n) is 5.01. The average Bonchev–Trinajstić information content (AvgIpc) is 2.34. The maximum atomic E-state index is 3.74. The molecule has 2 heteroatoms. The van der Waals surface area contributed by atoms with Gasteiger partial charge in [-0.1, -0.05) is 41.5 Å². The predicted octanol–water partition coefficient (Wildman–Crippen LogP) is 4.05. The van der Waals surface area contributed by atoms with Crippen LogP contribution in [0.2, 0.25) is 0 Å². The lowest BCUT2D eigenvalue weighted by atomic mass is 9.63. The van der Waals surface area contributed by atoms with Crippen LogP contribution in [-0.4, -0.2) is 36.1 Å². The van der Waals surface area contributed by atoms with E-state index in [2.05, 4.69) is 51.8 Å². The summed E-state index contributed by atoms with van der Waals surface area (Å²) in [6, 6.07) is 2.23. The molecule has 0 bridgehead atoms. The Hall–Kier alpha value is -0.0800. The highest BCUT2D eigenvalue weighted by molar-refractivity contribution is 4.97. The third kappa shape index (κ3) is 3.76. The molecule has 2 atom stereocenters. The quantitative estimate of drug-likeness (QED) is 0.839. The molecule has 2 fully saturated rings. The lowest BCUT2D eigenvalue weighted by molar-refractivity contribution is -0.0136. The first-order valence-corrected chi connectivity index (χ1v) is 8.75. The number of nitrogens with zero attached hydrogens (tertiary/aromatic N) is 1. The standard InChI is InChI=1S/C18H36N2/c1-7-14-12-20(15(8-2)11-19-14)16-9-17(3,4)13-18(5,6)10-16/h14-16,19H,7-13H2,1-6H3. The summed E-state index contributed by atoms with van der Waals surface area (Å²) in [4.78, 5) is 2.87. The third-order valence-corrected chi connectivity index (χ3v) is 5.51. The average molecular weight is 280 g/mol. The van der Waals surface area contributed by atoms with E-state index in [0.717, 1.165) is 12.1 Å². The molecule has 1 aliphatic heterocycles. The molecule has 0 spiro atoms. The molecular formula is C18H36N2. The van der Waals surface area contributed by atoms with Gasteiger partial charge >= 0.3 is 0 Å². The molecule has 2 unspecified atom stereocenters. The summed E-state index contributed by atoms with van der Waals surface area (Å²) in [6.45, 7) is 17.0. The highest BCUT2D eigenvalue weighted by Crippen LogP contribution is 2.47. The van der Waals surface area contributed by atoms with E-state index in [1.54, 1.807) is 0 Å². The zero-order chi connectivity index (χ0) is 15.0. The van der Waals surface area contributed by atoms with E-state index >= 15 is 0 Å². The second-order valence-corrected chi connectivity index (χ2v) is 8.84.